The quantitative estimate of drug-likeness (QED) is 0.782. The first-order chi connectivity index (χ1) is 12.0. The van der Waals surface area contributed by atoms with Crippen LogP contribution in [0.2, 0.25) is 0 Å². The maximum atomic E-state index is 11.5. The van der Waals surface area contributed by atoms with Gasteiger partial charge in [-0.25, -0.2) is 4.79 Å². The maximum absolute atomic E-state index is 11.5. The third-order valence-electron chi connectivity index (χ3n) is 5.22. The number of nitrogens with one attached hydrogen (secondary N) is 1. The van der Waals surface area contributed by atoms with Crippen molar-refractivity contribution in [1.82, 2.24) is 0 Å². The maximum Gasteiger partial charge on any atom is 0.336 e. The van der Waals surface area contributed by atoms with Gasteiger partial charge < -0.3 is 19.2 Å². The summed E-state index contributed by atoms with van der Waals surface area (Å²) in [6, 6.07) is 7.58. The second kappa shape index (κ2) is 8.02. The van der Waals surface area contributed by atoms with Gasteiger partial charge in [0.15, 0.2) is 0 Å². The molecule has 1 unspecified atom stereocenters. The Morgan fingerprint density at radius 1 is 1.28 bits per heavy atom. The molecule has 3 rings (SSSR count). The minimum Gasteiger partial charge on any atom is -0.491 e. The van der Waals surface area contributed by atoms with Crippen molar-refractivity contribution in [3.05, 3.63) is 40.2 Å². The van der Waals surface area contributed by atoms with E-state index in [0.717, 1.165) is 10.9 Å². The van der Waals surface area contributed by atoms with E-state index in [1.165, 1.54) is 43.1 Å². The predicted octanol–water partition coefficient (Wildman–Crippen LogP) is 1.69. The molecule has 0 radical (unpaired) electrons. The van der Waals surface area contributed by atoms with Crippen LogP contribution in [-0.4, -0.2) is 37.5 Å². The Kier molecular flexibility index (Phi) is 5.76. The van der Waals surface area contributed by atoms with Crippen molar-refractivity contribution < 1.29 is 19.2 Å². The largest absolute Gasteiger partial charge is 0.491 e. The molecule has 0 bridgehead atoms. The van der Waals surface area contributed by atoms with Crippen LogP contribution in [0.3, 0.4) is 0 Å². The van der Waals surface area contributed by atoms with Gasteiger partial charge in [-0.3, -0.25) is 0 Å². The van der Waals surface area contributed by atoms with Crippen LogP contribution >= 0.6 is 0 Å². The van der Waals surface area contributed by atoms with Crippen molar-refractivity contribution >= 4 is 11.0 Å². The standard InChI is InChI=1S/C20H27NO4/c1-14-10-20(23)25-19-11-17(8-9-18(14)19)24-13-16(22)12-21(2)15-6-4-3-5-7-15/h8-11,15-16,22H,3-7,12-13H2,1-2H3/p+1/t16-/m1/s1. The van der Waals surface area contributed by atoms with E-state index >= 15 is 0 Å². The molecule has 0 amide bonds. The summed E-state index contributed by atoms with van der Waals surface area (Å²) in [5, 5.41) is 11.2. The average molecular weight is 346 g/mol. The lowest BCUT2D eigenvalue weighted by atomic mass is 9.94. The van der Waals surface area contributed by atoms with Gasteiger partial charge >= 0.3 is 5.63 Å². The van der Waals surface area contributed by atoms with Crippen LogP contribution in [0.15, 0.2) is 33.5 Å². The summed E-state index contributed by atoms with van der Waals surface area (Å²) in [5.41, 5.74) is 1.04. The summed E-state index contributed by atoms with van der Waals surface area (Å²) >= 11 is 0. The molecule has 2 N–H and O–H groups in total. The lowest BCUT2D eigenvalue weighted by Gasteiger charge is -2.29. The Morgan fingerprint density at radius 3 is 2.80 bits per heavy atom. The SMILES string of the molecule is Cc1cc(=O)oc2cc(OC[C@H](O)C[NH+](C)C3CCCCC3)ccc12. The third-order valence-corrected chi connectivity index (χ3v) is 5.22. The molecule has 1 aliphatic rings. The smallest absolute Gasteiger partial charge is 0.336 e. The number of aryl methyl sites for hydroxylation is 1. The summed E-state index contributed by atoms with van der Waals surface area (Å²) in [4.78, 5) is 12.9. The highest BCUT2D eigenvalue weighted by atomic mass is 16.5. The lowest BCUT2D eigenvalue weighted by Crippen LogP contribution is -3.14. The molecule has 136 valence electrons. The van der Waals surface area contributed by atoms with Crippen molar-refractivity contribution in [3.8, 4) is 5.75 Å². The molecule has 1 aromatic carbocycles. The number of ether oxygens (including phenoxy) is 1. The van der Waals surface area contributed by atoms with Crippen LogP contribution in [0, 0.1) is 6.92 Å². The molecule has 1 aliphatic carbocycles. The molecular formula is C20H28NO4+. The highest BCUT2D eigenvalue weighted by Crippen LogP contribution is 2.22. The van der Waals surface area contributed by atoms with Gasteiger partial charge in [-0.1, -0.05) is 6.42 Å². The highest BCUT2D eigenvalue weighted by molar-refractivity contribution is 5.81. The minimum atomic E-state index is -0.512. The minimum absolute atomic E-state index is 0.242. The number of likely N-dealkylation sites (N-methyl/N-ethyl adjacent to an activating group) is 1. The van der Waals surface area contributed by atoms with E-state index in [9.17, 15) is 9.90 Å². The summed E-state index contributed by atoms with van der Waals surface area (Å²) < 4.78 is 11.0. The molecule has 1 fully saturated rings. The molecule has 1 saturated carbocycles. The van der Waals surface area contributed by atoms with Gasteiger partial charge in [0.25, 0.3) is 0 Å². The van der Waals surface area contributed by atoms with Gasteiger partial charge in [-0.05, 0) is 50.3 Å². The zero-order valence-corrected chi connectivity index (χ0v) is 15.1. The van der Waals surface area contributed by atoms with Crippen LogP contribution in [0.25, 0.3) is 11.0 Å². The highest BCUT2D eigenvalue weighted by Gasteiger charge is 2.23. The van der Waals surface area contributed by atoms with Gasteiger partial charge in [0.2, 0.25) is 0 Å². The van der Waals surface area contributed by atoms with E-state index in [-0.39, 0.29) is 12.2 Å². The molecule has 1 aromatic heterocycles. The van der Waals surface area contributed by atoms with E-state index in [4.69, 9.17) is 9.15 Å². The summed E-state index contributed by atoms with van der Waals surface area (Å²) in [5.74, 6) is 0.607. The van der Waals surface area contributed by atoms with Crippen LogP contribution in [0.1, 0.15) is 37.7 Å². The Bertz CT molecular complexity index is 764. The van der Waals surface area contributed by atoms with Gasteiger partial charge in [-0.15, -0.1) is 0 Å². The fourth-order valence-electron chi connectivity index (χ4n) is 3.78. The number of fused-ring (bicyclic) bond motifs is 1. The Morgan fingerprint density at radius 2 is 2.04 bits per heavy atom. The Labute approximate surface area is 148 Å². The van der Waals surface area contributed by atoms with Crippen molar-refractivity contribution in [2.45, 2.75) is 51.2 Å². The van der Waals surface area contributed by atoms with Crippen molar-refractivity contribution in [2.75, 3.05) is 20.2 Å². The molecule has 2 atom stereocenters. The topological polar surface area (TPSA) is 64.1 Å². The van der Waals surface area contributed by atoms with E-state index in [0.29, 0.717) is 23.9 Å². The van der Waals surface area contributed by atoms with Crippen molar-refractivity contribution in [3.63, 3.8) is 0 Å². The second-order valence-corrected chi connectivity index (χ2v) is 7.26. The number of benzene rings is 1. The zero-order valence-electron chi connectivity index (χ0n) is 15.1. The molecule has 5 nitrogen and oxygen atoms in total. The number of quaternary nitrogens is 1. The first-order valence-corrected chi connectivity index (χ1v) is 9.20. The average Bonchev–Trinajstić information content (AvgIpc) is 2.60. The van der Waals surface area contributed by atoms with Crippen LogP contribution in [0.5, 0.6) is 5.75 Å². The molecule has 0 aliphatic heterocycles. The number of hydrogen-bond acceptors (Lipinski definition) is 4. The molecule has 0 spiro atoms. The van der Waals surface area contributed by atoms with E-state index < -0.39 is 6.10 Å². The normalized spacial score (nSPS) is 18.2. The van der Waals surface area contributed by atoms with Crippen LogP contribution < -0.4 is 15.3 Å². The number of aliphatic hydroxyl groups is 1. The summed E-state index contributed by atoms with van der Waals surface area (Å²) in [7, 11) is 2.16. The molecular weight excluding hydrogens is 318 g/mol. The number of hydrogen-bond donors (Lipinski definition) is 2. The van der Waals surface area contributed by atoms with Crippen molar-refractivity contribution in [2.24, 2.45) is 0 Å². The predicted molar refractivity (Wildman–Crippen MR) is 97.3 cm³/mol. The molecule has 5 heteroatoms. The first kappa shape index (κ1) is 18.0. The molecule has 2 aromatic rings. The lowest BCUT2D eigenvalue weighted by molar-refractivity contribution is -0.910. The molecule has 0 saturated heterocycles. The molecule has 25 heavy (non-hydrogen) atoms. The fourth-order valence-corrected chi connectivity index (χ4v) is 3.78. The number of aliphatic hydroxyl groups excluding tert-OH is 1. The van der Waals surface area contributed by atoms with Gasteiger partial charge in [0.05, 0.1) is 13.1 Å². The Balaban J connectivity index is 1.57. The zero-order chi connectivity index (χ0) is 17.8. The van der Waals surface area contributed by atoms with Crippen molar-refractivity contribution in [1.29, 1.82) is 0 Å². The van der Waals surface area contributed by atoms with Gasteiger partial charge in [0, 0.05) is 17.5 Å². The van der Waals surface area contributed by atoms with Gasteiger partial charge in [0.1, 0.15) is 30.6 Å². The van der Waals surface area contributed by atoms with E-state index in [2.05, 4.69) is 7.05 Å². The monoisotopic (exact) mass is 346 g/mol. The first-order valence-electron chi connectivity index (χ1n) is 9.20. The number of rotatable bonds is 6. The third kappa shape index (κ3) is 4.61. The fraction of sp³-hybridized carbons (Fsp3) is 0.550. The second-order valence-electron chi connectivity index (χ2n) is 7.26. The molecule has 1 heterocycles. The Hall–Kier alpha value is -1.85. The summed E-state index contributed by atoms with van der Waals surface area (Å²) in [6.07, 6.45) is 5.94. The van der Waals surface area contributed by atoms with E-state index in [1.807, 2.05) is 19.1 Å². The van der Waals surface area contributed by atoms with Gasteiger partial charge in [-0.2, -0.15) is 0 Å². The van der Waals surface area contributed by atoms with E-state index in [1.54, 1.807) is 6.07 Å². The van der Waals surface area contributed by atoms with Crippen LogP contribution in [0.4, 0.5) is 0 Å². The van der Waals surface area contributed by atoms with Crippen LogP contribution in [-0.2, 0) is 0 Å². The summed E-state index contributed by atoms with van der Waals surface area (Å²) in [6.45, 7) is 2.81.